The van der Waals surface area contributed by atoms with Crippen LogP contribution >= 0.6 is 0 Å². The molecule has 0 heterocycles. The van der Waals surface area contributed by atoms with Crippen molar-refractivity contribution in [2.45, 2.75) is 231 Å². The molecule has 0 aromatic carbocycles. The molecule has 2 unspecified atom stereocenters. The summed E-state index contributed by atoms with van der Waals surface area (Å²) in [7, 11) is -4.35. The Balaban J connectivity index is 3.86. The number of rotatable bonds is 41. The summed E-state index contributed by atoms with van der Waals surface area (Å²) in [5.74, 6) is -0.984. The van der Waals surface area contributed by atoms with E-state index in [9.17, 15) is 22.9 Å². The Morgan fingerprint density at radius 2 is 0.873 bits per heavy atom. The normalized spacial score (nSPS) is 13.7. The summed E-state index contributed by atoms with van der Waals surface area (Å²) in [6.07, 6.45) is 57.8. The third-order valence-corrected chi connectivity index (χ3v) is 11.0. The number of nitrogens with one attached hydrogen (secondary N) is 1. The monoisotopic (exact) mass is 790 g/mol. The van der Waals surface area contributed by atoms with Gasteiger partial charge in [-0.25, -0.2) is 0 Å². The molecule has 55 heavy (non-hydrogen) atoms. The molecule has 3 N–H and O–H groups in total. The first kappa shape index (κ1) is 53.0. The predicted octanol–water partition coefficient (Wildman–Crippen LogP) is 14.0. The van der Waals surface area contributed by atoms with Gasteiger partial charge in [0.25, 0.3) is 10.1 Å². The predicted molar refractivity (Wildman–Crippen MR) is 239 cm³/mol. The van der Waals surface area contributed by atoms with E-state index < -0.39 is 28.0 Å². The summed E-state index contributed by atoms with van der Waals surface area (Å²) in [5.41, 5.74) is 0. The number of allylic oxidation sites excluding steroid dienone is 9. The summed E-state index contributed by atoms with van der Waals surface area (Å²) in [4.78, 5) is 12.6. The summed E-state index contributed by atoms with van der Waals surface area (Å²) < 4.78 is 32.6. The van der Waals surface area contributed by atoms with E-state index in [0.717, 1.165) is 77.0 Å². The Labute approximate surface area is 341 Å². The van der Waals surface area contributed by atoms with Gasteiger partial charge < -0.3 is 10.4 Å². The maximum absolute atomic E-state index is 12.6. The van der Waals surface area contributed by atoms with E-state index in [2.05, 4.69) is 67.8 Å². The average molecular weight is 790 g/mol. The van der Waals surface area contributed by atoms with Crippen molar-refractivity contribution in [3.05, 3.63) is 60.8 Å². The fourth-order valence-electron chi connectivity index (χ4n) is 6.79. The van der Waals surface area contributed by atoms with Gasteiger partial charge in [-0.05, 0) is 57.8 Å². The van der Waals surface area contributed by atoms with E-state index in [1.807, 2.05) is 6.08 Å². The molecule has 2 atom stereocenters. The smallest absolute Gasteiger partial charge is 0.267 e. The molecule has 320 valence electrons. The maximum Gasteiger partial charge on any atom is 0.267 e. The first-order chi connectivity index (χ1) is 26.8. The van der Waals surface area contributed by atoms with Crippen molar-refractivity contribution in [2.24, 2.45) is 0 Å². The van der Waals surface area contributed by atoms with Crippen LogP contribution in [0.1, 0.15) is 219 Å². The molecule has 0 aromatic heterocycles. The van der Waals surface area contributed by atoms with Gasteiger partial charge in [-0.2, -0.15) is 8.42 Å². The summed E-state index contributed by atoms with van der Waals surface area (Å²) in [5, 5.41) is 13.3. The largest absolute Gasteiger partial charge is 0.387 e. The molecule has 0 bridgehead atoms. The van der Waals surface area contributed by atoms with Crippen LogP contribution < -0.4 is 5.32 Å². The van der Waals surface area contributed by atoms with Gasteiger partial charge in [0.15, 0.2) is 0 Å². The molecule has 1 amide bonds. The zero-order valence-electron chi connectivity index (χ0n) is 35.8. The number of hydrogen-bond donors (Lipinski definition) is 3. The summed E-state index contributed by atoms with van der Waals surface area (Å²) in [6, 6.07) is -1.06. The minimum absolute atomic E-state index is 0.284. The highest BCUT2D eigenvalue weighted by Crippen LogP contribution is 2.15. The zero-order valence-corrected chi connectivity index (χ0v) is 36.6. The molecule has 7 heteroatoms. The number of carbonyl (C=O) groups is 1. The van der Waals surface area contributed by atoms with Crippen molar-refractivity contribution in [2.75, 3.05) is 5.75 Å². The zero-order chi connectivity index (χ0) is 40.3. The number of aliphatic hydroxyl groups is 1. The Morgan fingerprint density at radius 1 is 0.509 bits per heavy atom. The molecule has 0 rings (SSSR count). The number of unbranched alkanes of at least 4 members (excludes halogenated alkanes) is 25. The Kier molecular flexibility index (Phi) is 40.2. The third kappa shape index (κ3) is 43.0. The Bertz CT molecular complexity index is 1090. The van der Waals surface area contributed by atoms with Crippen molar-refractivity contribution in [3.63, 3.8) is 0 Å². The second kappa shape index (κ2) is 41.7. The van der Waals surface area contributed by atoms with Crippen molar-refractivity contribution in [1.82, 2.24) is 5.32 Å². The number of carbonyl (C=O) groups excluding carboxylic acids is 1. The second-order valence-corrected chi connectivity index (χ2v) is 17.2. The topological polar surface area (TPSA) is 104 Å². The highest BCUT2D eigenvalue weighted by atomic mass is 32.2. The number of amides is 1. The van der Waals surface area contributed by atoms with Crippen molar-refractivity contribution in [1.29, 1.82) is 0 Å². The minimum Gasteiger partial charge on any atom is -0.387 e. The lowest BCUT2D eigenvalue weighted by molar-refractivity contribution is -0.122. The van der Waals surface area contributed by atoms with Crippen LogP contribution in [0.25, 0.3) is 0 Å². The third-order valence-electron chi connectivity index (χ3n) is 10.2. The molecule has 0 aliphatic heterocycles. The molecule has 0 aliphatic carbocycles. The molecule has 0 fully saturated rings. The van der Waals surface area contributed by atoms with Crippen molar-refractivity contribution < 1.29 is 22.9 Å². The minimum atomic E-state index is -4.35. The van der Waals surface area contributed by atoms with Crippen LogP contribution in [0.15, 0.2) is 60.8 Å². The van der Waals surface area contributed by atoms with Gasteiger partial charge in [-0.1, -0.05) is 216 Å². The molecule has 0 radical (unpaired) electrons. The summed E-state index contributed by atoms with van der Waals surface area (Å²) in [6.45, 7) is 4.42. The van der Waals surface area contributed by atoms with Gasteiger partial charge in [0.2, 0.25) is 5.91 Å². The number of hydrogen-bond acceptors (Lipinski definition) is 4. The van der Waals surface area contributed by atoms with E-state index in [1.54, 1.807) is 6.08 Å². The Hall–Kier alpha value is -1.96. The molecular formula is C48H87NO5S. The fourth-order valence-corrected chi connectivity index (χ4v) is 7.53. The van der Waals surface area contributed by atoms with Gasteiger partial charge >= 0.3 is 0 Å². The highest BCUT2D eigenvalue weighted by molar-refractivity contribution is 7.85. The van der Waals surface area contributed by atoms with Gasteiger partial charge in [0.1, 0.15) is 0 Å². The highest BCUT2D eigenvalue weighted by Gasteiger charge is 2.24. The van der Waals surface area contributed by atoms with Crippen LogP contribution in [0.2, 0.25) is 0 Å². The van der Waals surface area contributed by atoms with Crippen LogP contribution in [0.4, 0.5) is 0 Å². The fraction of sp³-hybridized carbons (Fsp3) is 0.771. The quantitative estimate of drug-likeness (QED) is 0.0325. The SMILES string of the molecule is CC/C=C\C/C=C\C/C=C\C/C=C\CCCCCCCCCCCCC(=O)NC(CS(=O)(=O)O)C(O)/C=C/CCCCCCCCCCCCCCCCC. The van der Waals surface area contributed by atoms with E-state index in [1.165, 1.54) is 122 Å². The molecule has 6 nitrogen and oxygen atoms in total. The second-order valence-electron chi connectivity index (χ2n) is 15.7. The molecule has 0 spiro atoms. The van der Waals surface area contributed by atoms with Crippen LogP contribution in [0.5, 0.6) is 0 Å². The molecule has 0 aromatic rings. The van der Waals surface area contributed by atoms with Gasteiger partial charge in [0, 0.05) is 6.42 Å². The lowest BCUT2D eigenvalue weighted by Crippen LogP contribution is -2.46. The summed E-state index contributed by atoms with van der Waals surface area (Å²) >= 11 is 0. The van der Waals surface area contributed by atoms with E-state index >= 15 is 0 Å². The standard InChI is InChI=1S/C48H87NO5S/c1-3-5-7-9-11-13-15-17-19-21-22-23-24-25-26-28-30-32-34-36-38-40-42-44-48(51)49-46(45-55(52,53)54)47(50)43-41-39-37-35-33-31-29-27-20-18-16-14-12-10-8-6-4-2/h5,7,11,13,17,19,22-23,41,43,46-47,50H,3-4,6,8-10,12,14-16,18,20-21,24-40,42,44-45H2,1-2H3,(H,49,51)(H,52,53,54)/b7-5-,13-11-,19-17-,23-22-,43-41+. The number of aliphatic hydroxyl groups excluding tert-OH is 1. The molecule has 0 saturated heterocycles. The maximum atomic E-state index is 12.6. The van der Waals surface area contributed by atoms with E-state index in [0.29, 0.717) is 0 Å². The molecule has 0 aliphatic rings. The van der Waals surface area contributed by atoms with Crippen molar-refractivity contribution in [3.8, 4) is 0 Å². The Morgan fingerprint density at radius 3 is 1.29 bits per heavy atom. The first-order valence-corrected chi connectivity index (χ1v) is 24.6. The average Bonchev–Trinajstić information content (AvgIpc) is 3.15. The van der Waals surface area contributed by atoms with Gasteiger partial charge in [-0.15, -0.1) is 0 Å². The lowest BCUT2D eigenvalue weighted by atomic mass is 10.0. The van der Waals surface area contributed by atoms with Crippen molar-refractivity contribution >= 4 is 16.0 Å². The van der Waals surface area contributed by atoms with Crippen LogP contribution in [-0.2, 0) is 14.9 Å². The first-order valence-electron chi connectivity index (χ1n) is 23.0. The van der Waals surface area contributed by atoms with Crippen LogP contribution in [-0.4, -0.2) is 41.9 Å². The molecular weight excluding hydrogens is 703 g/mol. The van der Waals surface area contributed by atoms with Crippen LogP contribution in [0.3, 0.4) is 0 Å². The van der Waals surface area contributed by atoms with Crippen LogP contribution in [0, 0.1) is 0 Å². The molecule has 0 saturated carbocycles. The van der Waals surface area contributed by atoms with Gasteiger partial charge in [-0.3, -0.25) is 9.35 Å². The van der Waals surface area contributed by atoms with Gasteiger partial charge in [0.05, 0.1) is 17.9 Å². The van der Waals surface area contributed by atoms with E-state index in [-0.39, 0.29) is 12.3 Å². The lowest BCUT2D eigenvalue weighted by Gasteiger charge is -2.21. The van der Waals surface area contributed by atoms with E-state index in [4.69, 9.17) is 0 Å².